The molecule has 0 saturated heterocycles. The molecule has 0 heteroatoms. The van der Waals surface area contributed by atoms with Gasteiger partial charge in [0.2, 0.25) is 0 Å². The molecule has 0 aromatic heterocycles. The summed E-state index contributed by atoms with van der Waals surface area (Å²) in [4.78, 5) is 0. The first-order valence-corrected chi connectivity index (χ1v) is 5.27. The van der Waals surface area contributed by atoms with Gasteiger partial charge in [-0.3, -0.25) is 0 Å². The van der Waals surface area contributed by atoms with Crippen LogP contribution in [-0.2, 0) is 0 Å². The van der Waals surface area contributed by atoms with Crippen molar-refractivity contribution in [2.24, 2.45) is 17.8 Å². The van der Waals surface area contributed by atoms with Gasteiger partial charge in [-0.25, -0.2) is 0 Å². The van der Waals surface area contributed by atoms with Crippen molar-refractivity contribution in [2.75, 3.05) is 0 Å². The van der Waals surface area contributed by atoms with Crippen LogP contribution in [0.15, 0.2) is 24.3 Å². The zero-order chi connectivity index (χ0) is 8.39. The van der Waals surface area contributed by atoms with Gasteiger partial charge in [-0.15, -0.1) is 0 Å². The molecule has 0 spiro atoms. The van der Waals surface area contributed by atoms with Gasteiger partial charge >= 0.3 is 0 Å². The fourth-order valence-electron chi connectivity index (χ4n) is 2.77. The van der Waals surface area contributed by atoms with Gasteiger partial charge < -0.3 is 0 Å². The maximum atomic E-state index is 2.43. The van der Waals surface area contributed by atoms with Gasteiger partial charge in [0.05, 0.1) is 0 Å². The Labute approximate surface area is 75.4 Å². The van der Waals surface area contributed by atoms with Crippen LogP contribution in [0, 0.1) is 17.8 Å². The second kappa shape index (κ2) is 3.47. The third-order valence-corrected chi connectivity index (χ3v) is 3.37. The van der Waals surface area contributed by atoms with Crippen molar-refractivity contribution in [3.8, 4) is 0 Å². The van der Waals surface area contributed by atoms with Gasteiger partial charge in [0.1, 0.15) is 0 Å². The summed E-state index contributed by atoms with van der Waals surface area (Å²) >= 11 is 0. The Hall–Kier alpha value is -0.520. The van der Waals surface area contributed by atoms with Crippen LogP contribution in [0.1, 0.15) is 32.6 Å². The summed E-state index contributed by atoms with van der Waals surface area (Å²) in [6, 6.07) is 0. The van der Waals surface area contributed by atoms with Crippen molar-refractivity contribution < 1.29 is 0 Å². The number of rotatable bonds is 2. The van der Waals surface area contributed by atoms with Crippen molar-refractivity contribution >= 4 is 0 Å². The number of allylic oxidation sites excluding steroid dienone is 4. The number of hydrogen-bond donors (Lipinski definition) is 0. The fraction of sp³-hybridized carbons (Fsp3) is 0.667. The lowest BCUT2D eigenvalue weighted by molar-refractivity contribution is 0.390. The van der Waals surface area contributed by atoms with E-state index in [0.717, 1.165) is 17.8 Å². The molecular weight excluding hydrogens is 144 g/mol. The maximum absolute atomic E-state index is 2.43. The molecule has 0 radical (unpaired) electrons. The van der Waals surface area contributed by atoms with Gasteiger partial charge in [0, 0.05) is 0 Å². The molecule has 2 rings (SSSR count). The molecular formula is C12H18. The lowest BCUT2D eigenvalue weighted by Gasteiger charge is -2.21. The number of fused-ring (bicyclic) bond motifs is 1. The van der Waals surface area contributed by atoms with Crippen molar-refractivity contribution in [2.45, 2.75) is 32.6 Å². The lowest BCUT2D eigenvalue weighted by atomic mass is 9.84. The van der Waals surface area contributed by atoms with E-state index in [1.807, 2.05) is 0 Å². The molecule has 0 bridgehead atoms. The highest BCUT2D eigenvalue weighted by Gasteiger charge is 2.32. The highest BCUT2D eigenvalue weighted by molar-refractivity contribution is 5.17. The van der Waals surface area contributed by atoms with E-state index in [9.17, 15) is 0 Å². The van der Waals surface area contributed by atoms with Crippen molar-refractivity contribution in [1.82, 2.24) is 0 Å². The van der Waals surface area contributed by atoms with E-state index in [-0.39, 0.29) is 0 Å². The molecule has 0 amide bonds. The Morgan fingerprint density at radius 3 is 2.83 bits per heavy atom. The summed E-state index contributed by atoms with van der Waals surface area (Å²) in [5, 5.41) is 0. The summed E-state index contributed by atoms with van der Waals surface area (Å²) in [6.07, 6.45) is 14.9. The number of hydrogen-bond acceptors (Lipinski definition) is 0. The van der Waals surface area contributed by atoms with Crippen LogP contribution in [0.25, 0.3) is 0 Å². The average Bonchev–Trinajstić information content (AvgIpc) is 2.50. The topological polar surface area (TPSA) is 0 Å². The standard InChI is InChI=1S/C12H18/c1-2-5-10-8-9-11-6-3-4-7-12(10)11/h3-4,6-7,10-12H,2,5,8-9H2,1H3. The smallest absolute Gasteiger partial charge is 0.0139 e. The molecule has 1 fully saturated rings. The largest absolute Gasteiger partial charge is 0.0808 e. The van der Waals surface area contributed by atoms with Crippen molar-refractivity contribution in [1.29, 1.82) is 0 Å². The second-order valence-electron chi connectivity index (χ2n) is 4.14. The quantitative estimate of drug-likeness (QED) is 0.582. The van der Waals surface area contributed by atoms with Gasteiger partial charge in [0.25, 0.3) is 0 Å². The molecule has 0 N–H and O–H groups in total. The van der Waals surface area contributed by atoms with Crippen LogP contribution in [-0.4, -0.2) is 0 Å². The van der Waals surface area contributed by atoms with Crippen LogP contribution in [0.4, 0.5) is 0 Å². The first-order chi connectivity index (χ1) is 5.92. The Morgan fingerprint density at radius 1 is 1.17 bits per heavy atom. The zero-order valence-corrected chi connectivity index (χ0v) is 7.87. The summed E-state index contributed by atoms with van der Waals surface area (Å²) in [5.41, 5.74) is 0. The highest BCUT2D eigenvalue weighted by Crippen LogP contribution is 2.42. The summed E-state index contributed by atoms with van der Waals surface area (Å²) in [5.74, 6) is 2.75. The minimum atomic E-state index is 0.881. The molecule has 0 nitrogen and oxygen atoms in total. The molecule has 0 aromatic carbocycles. The summed E-state index contributed by atoms with van der Waals surface area (Å²) in [7, 11) is 0. The van der Waals surface area contributed by atoms with Crippen molar-refractivity contribution in [3.05, 3.63) is 24.3 Å². The Balaban J connectivity index is 2.03. The molecule has 66 valence electrons. The van der Waals surface area contributed by atoms with Crippen LogP contribution < -0.4 is 0 Å². The first kappa shape index (κ1) is 8.10. The molecule has 2 aliphatic rings. The van der Waals surface area contributed by atoms with Crippen LogP contribution in [0.5, 0.6) is 0 Å². The Bertz CT molecular complexity index is 200. The minimum Gasteiger partial charge on any atom is -0.0808 e. The SMILES string of the molecule is CCCC1CCC2C=CC=CC21. The Kier molecular flexibility index (Phi) is 2.34. The first-order valence-electron chi connectivity index (χ1n) is 5.27. The van der Waals surface area contributed by atoms with Gasteiger partial charge in [-0.05, 0) is 30.6 Å². The molecule has 0 heterocycles. The predicted molar refractivity (Wildman–Crippen MR) is 52.9 cm³/mol. The zero-order valence-electron chi connectivity index (χ0n) is 7.87. The molecule has 3 unspecified atom stereocenters. The molecule has 1 saturated carbocycles. The summed E-state index contributed by atoms with van der Waals surface area (Å²) in [6.45, 7) is 2.30. The third kappa shape index (κ3) is 1.35. The lowest BCUT2D eigenvalue weighted by Crippen LogP contribution is -2.12. The van der Waals surface area contributed by atoms with Crippen LogP contribution in [0.3, 0.4) is 0 Å². The summed E-state index contributed by atoms with van der Waals surface area (Å²) < 4.78 is 0. The van der Waals surface area contributed by atoms with Crippen LogP contribution >= 0.6 is 0 Å². The predicted octanol–water partition coefficient (Wildman–Crippen LogP) is 3.55. The fourth-order valence-corrected chi connectivity index (χ4v) is 2.77. The highest BCUT2D eigenvalue weighted by atomic mass is 14.4. The molecule has 0 aliphatic heterocycles. The molecule has 2 aliphatic carbocycles. The van der Waals surface area contributed by atoms with Gasteiger partial charge in [-0.2, -0.15) is 0 Å². The maximum Gasteiger partial charge on any atom is -0.0139 e. The van der Waals surface area contributed by atoms with E-state index in [1.165, 1.54) is 25.7 Å². The molecule has 12 heavy (non-hydrogen) atoms. The van der Waals surface area contributed by atoms with E-state index in [0.29, 0.717) is 0 Å². The van der Waals surface area contributed by atoms with Gasteiger partial charge in [-0.1, -0.05) is 44.1 Å². The average molecular weight is 162 g/mol. The monoisotopic (exact) mass is 162 g/mol. The van der Waals surface area contributed by atoms with E-state index in [2.05, 4.69) is 31.2 Å². The normalized spacial score (nSPS) is 38.6. The second-order valence-corrected chi connectivity index (χ2v) is 4.14. The van der Waals surface area contributed by atoms with E-state index in [4.69, 9.17) is 0 Å². The van der Waals surface area contributed by atoms with E-state index < -0.39 is 0 Å². The Morgan fingerprint density at radius 2 is 2.00 bits per heavy atom. The third-order valence-electron chi connectivity index (χ3n) is 3.37. The van der Waals surface area contributed by atoms with E-state index in [1.54, 1.807) is 0 Å². The van der Waals surface area contributed by atoms with Crippen LogP contribution in [0.2, 0.25) is 0 Å². The van der Waals surface area contributed by atoms with Gasteiger partial charge in [0.15, 0.2) is 0 Å². The molecule has 3 atom stereocenters. The minimum absolute atomic E-state index is 0.881. The van der Waals surface area contributed by atoms with Crippen molar-refractivity contribution in [3.63, 3.8) is 0 Å². The molecule has 0 aromatic rings. The van der Waals surface area contributed by atoms with E-state index >= 15 is 0 Å².